The molecule has 21 heavy (non-hydrogen) atoms. The summed E-state index contributed by atoms with van der Waals surface area (Å²) < 4.78 is 5.02. The van der Waals surface area contributed by atoms with E-state index in [-0.39, 0.29) is 5.97 Å². The highest BCUT2D eigenvalue weighted by Gasteiger charge is 2.06. The largest absolute Gasteiger partial charge is 0.462 e. The Bertz CT molecular complexity index is 420. The van der Waals surface area contributed by atoms with Crippen LogP contribution in [-0.2, 0) is 9.53 Å². The second kappa shape index (κ2) is 12.0. The van der Waals surface area contributed by atoms with Crippen LogP contribution < -0.4 is 0 Å². The first-order chi connectivity index (χ1) is 10.0. The van der Waals surface area contributed by atoms with Gasteiger partial charge in [0, 0.05) is 5.57 Å². The summed E-state index contributed by atoms with van der Waals surface area (Å²) in [4.78, 5) is 11.0. The minimum atomic E-state index is -0.275. The summed E-state index contributed by atoms with van der Waals surface area (Å²) in [6.07, 6.45) is 5.35. The normalized spacial score (nSPS) is 10.8. The standard InChI is InChI=1S/C11H20O2.C8H8/c1-5-6-7-10(4)8-13-11(12)9(2)3;1-2-8-6-4-3-5-7-8/h10H,2,5-8H2,1,3-4H3;2-7H,1H2. The zero-order valence-electron chi connectivity index (χ0n) is 13.6. The molecule has 0 amide bonds. The lowest BCUT2D eigenvalue weighted by atomic mass is 10.1. The fourth-order valence-corrected chi connectivity index (χ4v) is 1.57. The number of hydrogen-bond donors (Lipinski definition) is 0. The average Bonchev–Trinajstić information content (AvgIpc) is 2.51. The molecule has 2 heteroatoms. The zero-order valence-corrected chi connectivity index (χ0v) is 13.6. The molecule has 2 nitrogen and oxygen atoms in total. The molecular formula is C19H28O2. The van der Waals surface area contributed by atoms with Crippen LogP contribution >= 0.6 is 0 Å². The third-order valence-corrected chi connectivity index (χ3v) is 2.93. The molecule has 1 unspecified atom stereocenters. The third-order valence-electron chi connectivity index (χ3n) is 2.93. The molecule has 0 N–H and O–H groups in total. The maximum atomic E-state index is 11.0. The van der Waals surface area contributed by atoms with Crippen LogP contribution in [0.5, 0.6) is 0 Å². The highest BCUT2D eigenvalue weighted by molar-refractivity contribution is 5.86. The van der Waals surface area contributed by atoms with Gasteiger partial charge in [-0.05, 0) is 24.8 Å². The first kappa shape index (κ1) is 19.2. The molecule has 0 saturated carbocycles. The van der Waals surface area contributed by atoms with Gasteiger partial charge in [-0.25, -0.2) is 4.79 Å². The van der Waals surface area contributed by atoms with Crippen LogP contribution in [0.1, 0.15) is 45.6 Å². The first-order valence-electron chi connectivity index (χ1n) is 7.51. The Morgan fingerprint density at radius 1 is 1.33 bits per heavy atom. The Morgan fingerprint density at radius 2 is 1.95 bits per heavy atom. The van der Waals surface area contributed by atoms with Crippen LogP contribution in [0.15, 0.2) is 49.1 Å². The highest BCUT2D eigenvalue weighted by atomic mass is 16.5. The molecule has 0 spiro atoms. The third kappa shape index (κ3) is 10.6. The Morgan fingerprint density at radius 3 is 2.38 bits per heavy atom. The highest BCUT2D eigenvalue weighted by Crippen LogP contribution is 2.08. The molecule has 1 rings (SSSR count). The molecule has 116 valence electrons. The SMILES string of the molecule is C=C(C)C(=O)OCC(C)CCCC.C=Cc1ccccc1. The molecule has 0 bridgehead atoms. The van der Waals surface area contributed by atoms with Crippen LogP contribution in [0, 0.1) is 5.92 Å². The van der Waals surface area contributed by atoms with Crippen molar-refractivity contribution < 1.29 is 9.53 Å². The van der Waals surface area contributed by atoms with Gasteiger partial charge >= 0.3 is 5.97 Å². The number of esters is 1. The van der Waals surface area contributed by atoms with Crippen molar-refractivity contribution in [1.29, 1.82) is 0 Å². The van der Waals surface area contributed by atoms with Crippen LogP contribution in [0.4, 0.5) is 0 Å². The van der Waals surface area contributed by atoms with Gasteiger partial charge in [0.1, 0.15) is 0 Å². The maximum Gasteiger partial charge on any atom is 0.333 e. The van der Waals surface area contributed by atoms with E-state index in [2.05, 4.69) is 27.0 Å². The summed E-state index contributed by atoms with van der Waals surface area (Å²) >= 11 is 0. The number of carbonyl (C=O) groups is 1. The summed E-state index contributed by atoms with van der Waals surface area (Å²) in [6, 6.07) is 10.0. The van der Waals surface area contributed by atoms with E-state index in [1.807, 2.05) is 36.4 Å². The molecule has 0 aromatic heterocycles. The number of benzene rings is 1. The van der Waals surface area contributed by atoms with E-state index in [9.17, 15) is 4.79 Å². The monoisotopic (exact) mass is 288 g/mol. The number of rotatable bonds is 7. The lowest BCUT2D eigenvalue weighted by Crippen LogP contribution is -2.12. The second-order valence-corrected chi connectivity index (χ2v) is 5.24. The number of unbranched alkanes of at least 4 members (excludes halogenated alkanes) is 1. The van der Waals surface area contributed by atoms with Crippen LogP contribution in [0.2, 0.25) is 0 Å². The van der Waals surface area contributed by atoms with Crippen molar-refractivity contribution in [3.8, 4) is 0 Å². The van der Waals surface area contributed by atoms with Gasteiger partial charge in [-0.1, -0.05) is 76.3 Å². The lowest BCUT2D eigenvalue weighted by Gasteiger charge is -2.10. The van der Waals surface area contributed by atoms with Crippen LogP contribution in [-0.4, -0.2) is 12.6 Å². The quantitative estimate of drug-likeness (QED) is 0.505. The summed E-state index contributed by atoms with van der Waals surface area (Å²) in [6.45, 7) is 13.6. The Balaban J connectivity index is 0.000000423. The topological polar surface area (TPSA) is 26.3 Å². The summed E-state index contributed by atoms with van der Waals surface area (Å²) in [7, 11) is 0. The lowest BCUT2D eigenvalue weighted by molar-refractivity contribution is -0.140. The molecule has 1 atom stereocenters. The minimum Gasteiger partial charge on any atom is -0.462 e. The van der Waals surface area contributed by atoms with E-state index in [0.717, 1.165) is 6.42 Å². The fraction of sp³-hybridized carbons (Fsp3) is 0.421. The number of carbonyl (C=O) groups excluding carboxylic acids is 1. The van der Waals surface area contributed by atoms with Gasteiger partial charge in [0.2, 0.25) is 0 Å². The van der Waals surface area contributed by atoms with E-state index in [0.29, 0.717) is 18.1 Å². The van der Waals surface area contributed by atoms with E-state index < -0.39 is 0 Å². The molecule has 0 radical (unpaired) electrons. The minimum absolute atomic E-state index is 0.275. The zero-order chi connectivity index (χ0) is 16.1. The van der Waals surface area contributed by atoms with E-state index >= 15 is 0 Å². The predicted molar refractivity (Wildman–Crippen MR) is 91.0 cm³/mol. The molecule has 0 fully saturated rings. The molecule has 1 aromatic carbocycles. The van der Waals surface area contributed by atoms with E-state index in [4.69, 9.17) is 4.74 Å². The predicted octanol–water partition coefficient (Wildman–Crippen LogP) is 5.26. The Hall–Kier alpha value is -1.83. The molecule has 0 aliphatic rings. The summed E-state index contributed by atoms with van der Waals surface area (Å²) in [5.41, 5.74) is 1.65. The molecule has 0 aliphatic carbocycles. The van der Waals surface area contributed by atoms with Crippen molar-refractivity contribution in [2.75, 3.05) is 6.61 Å². The van der Waals surface area contributed by atoms with Crippen molar-refractivity contribution >= 4 is 12.0 Å². The maximum absolute atomic E-state index is 11.0. The van der Waals surface area contributed by atoms with Gasteiger partial charge in [-0.15, -0.1) is 0 Å². The molecule has 0 aliphatic heterocycles. The smallest absolute Gasteiger partial charge is 0.333 e. The average molecular weight is 288 g/mol. The Kier molecular flexibility index (Phi) is 10.9. The molecule has 1 aromatic rings. The summed E-state index contributed by atoms with van der Waals surface area (Å²) in [5.74, 6) is 0.187. The number of hydrogen-bond acceptors (Lipinski definition) is 2. The van der Waals surface area contributed by atoms with Crippen molar-refractivity contribution in [2.24, 2.45) is 5.92 Å². The van der Waals surface area contributed by atoms with Crippen LogP contribution in [0.3, 0.4) is 0 Å². The fourth-order valence-electron chi connectivity index (χ4n) is 1.57. The van der Waals surface area contributed by atoms with Crippen LogP contribution in [0.25, 0.3) is 6.08 Å². The molecule has 0 saturated heterocycles. The number of ether oxygens (including phenoxy) is 1. The van der Waals surface area contributed by atoms with E-state index in [1.165, 1.54) is 18.4 Å². The van der Waals surface area contributed by atoms with Crippen molar-refractivity contribution in [3.63, 3.8) is 0 Å². The van der Waals surface area contributed by atoms with Gasteiger partial charge in [0.25, 0.3) is 0 Å². The second-order valence-electron chi connectivity index (χ2n) is 5.24. The van der Waals surface area contributed by atoms with Crippen molar-refractivity contribution in [1.82, 2.24) is 0 Å². The van der Waals surface area contributed by atoms with Gasteiger partial charge in [0.05, 0.1) is 6.61 Å². The first-order valence-corrected chi connectivity index (χ1v) is 7.51. The van der Waals surface area contributed by atoms with Gasteiger partial charge in [-0.3, -0.25) is 0 Å². The van der Waals surface area contributed by atoms with Crippen molar-refractivity contribution in [2.45, 2.75) is 40.0 Å². The van der Waals surface area contributed by atoms with Crippen molar-refractivity contribution in [3.05, 3.63) is 54.6 Å². The summed E-state index contributed by atoms with van der Waals surface area (Å²) in [5, 5.41) is 0. The van der Waals surface area contributed by atoms with E-state index in [1.54, 1.807) is 6.92 Å². The molecular weight excluding hydrogens is 260 g/mol. The van der Waals surface area contributed by atoms with Gasteiger partial charge in [-0.2, -0.15) is 0 Å². The Labute approximate surface area is 129 Å². The molecule has 0 heterocycles. The van der Waals surface area contributed by atoms with Gasteiger partial charge in [0.15, 0.2) is 0 Å². The van der Waals surface area contributed by atoms with Gasteiger partial charge < -0.3 is 4.74 Å².